The quantitative estimate of drug-likeness (QED) is 0.0683. The minimum absolute atomic E-state index is 0.860. The molecule has 67 heavy (non-hydrogen) atoms. The van der Waals surface area contributed by atoms with Crippen molar-refractivity contribution in [3.8, 4) is 0 Å². The lowest BCUT2D eigenvalue weighted by Gasteiger charge is -2.50. The highest BCUT2D eigenvalue weighted by Gasteiger charge is 2.57. The molecule has 6 rings (SSSR count). The second-order valence-corrected chi connectivity index (χ2v) is 16.8. The highest BCUT2D eigenvalue weighted by Crippen LogP contribution is 2.37. The van der Waals surface area contributed by atoms with Gasteiger partial charge in [0.2, 0.25) is 0 Å². The van der Waals surface area contributed by atoms with Crippen molar-refractivity contribution in [3.05, 3.63) is 0 Å². The Kier molecular flexibility index (Phi) is 19.4. The SMILES string of the molecule is OC[C@H]1O[C@H](O[C@H]2[C@H](O)[C@@H](O)[C@@H](O[C@H]3[C@H](O)[C@@H](O)[C@@H](O[C@H]4[C@H](O)[C@@H](O)[C@@H](O[C@H]5[C@H](O)[C@@H](O)[C@@H](O)O[C@@H]5CO)O[C@@H]4CO)O[C@@H]3CO)O[C@@H]2CO)[C@H](OC2O[C@H](CO)[C@@H](O)[C@H](O)[C@H]2O)[C@@H](O)[C@@H]1O. The minimum atomic E-state index is -2.21. The topological polar surface area (TPSA) is 506 Å². The van der Waals surface area contributed by atoms with E-state index in [1.165, 1.54) is 0 Å². The molecule has 0 aliphatic carbocycles. The zero-order chi connectivity index (χ0) is 49.3. The zero-order valence-corrected chi connectivity index (χ0v) is 35.0. The Hall–Kier alpha value is -1.24. The number of rotatable bonds is 16. The fourth-order valence-electron chi connectivity index (χ4n) is 8.50. The molecule has 6 heterocycles. The molecule has 6 fully saturated rings. The highest BCUT2D eigenvalue weighted by molar-refractivity contribution is 5.00. The predicted molar refractivity (Wildman–Crippen MR) is 199 cm³/mol. The lowest BCUT2D eigenvalue weighted by Crippen LogP contribution is -2.68. The maximum absolute atomic E-state index is 11.3. The van der Waals surface area contributed by atoms with E-state index in [2.05, 4.69) is 0 Å². The van der Waals surface area contributed by atoms with E-state index >= 15 is 0 Å². The Morgan fingerprint density at radius 1 is 0.224 bits per heavy atom. The van der Waals surface area contributed by atoms with E-state index in [1.807, 2.05) is 0 Å². The van der Waals surface area contributed by atoms with E-state index in [0.29, 0.717) is 0 Å². The molecule has 0 radical (unpaired) electrons. The zero-order valence-electron chi connectivity index (χ0n) is 35.0. The summed E-state index contributed by atoms with van der Waals surface area (Å²) in [6, 6.07) is 0. The van der Waals surface area contributed by atoms with Crippen molar-refractivity contribution in [1.29, 1.82) is 0 Å². The van der Waals surface area contributed by atoms with Gasteiger partial charge in [0, 0.05) is 0 Å². The van der Waals surface area contributed by atoms with Gasteiger partial charge >= 0.3 is 0 Å². The minimum Gasteiger partial charge on any atom is -0.394 e. The molecule has 20 N–H and O–H groups in total. The fourth-order valence-corrected chi connectivity index (χ4v) is 8.50. The first kappa shape index (κ1) is 55.1. The summed E-state index contributed by atoms with van der Waals surface area (Å²) >= 11 is 0. The van der Waals surface area contributed by atoms with Crippen LogP contribution in [0.4, 0.5) is 0 Å². The van der Waals surface area contributed by atoms with Gasteiger partial charge in [0.05, 0.1) is 39.6 Å². The van der Waals surface area contributed by atoms with Crippen molar-refractivity contribution < 1.29 is 154 Å². The van der Waals surface area contributed by atoms with Crippen LogP contribution in [-0.2, 0) is 52.1 Å². The largest absolute Gasteiger partial charge is 0.394 e. The number of aliphatic hydroxyl groups excluding tert-OH is 20. The summed E-state index contributed by atoms with van der Waals surface area (Å²) in [6.45, 7) is -5.73. The Labute approximate surface area is 378 Å². The van der Waals surface area contributed by atoms with Gasteiger partial charge in [-0.1, -0.05) is 0 Å². The number of hydrogen-bond acceptors (Lipinski definition) is 31. The summed E-state index contributed by atoms with van der Waals surface area (Å²) in [5.74, 6) is 0. The van der Waals surface area contributed by atoms with Gasteiger partial charge in [-0.15, -0.1) is 0 Å². The second kappa shape index (κ2) is 23.5. The van der Waals surface area contributed by atoms with Crippen LogP contribution in [0, 0.1) is 0 Å². The monoisotopic (exact) mass is 990 g/mol. The van der Waals surface area contributed by atoms with Gasteiger partial charge in [-0.05, 0) is 0 Å². The lowest BCUT2D eigenvalue weighted by molar-refractivity contribution is -0.400. The van der Waals surface area contributed by atoms with E-state index < -0.39 is 224 Å². The van der Waals surface area contributed by atoms with Crippen molar-refractivity contribution in [3.63, 3.8) is 0 Å². The molecule has 0 aromatic rings. The average Bonchev–Trinajstić information content (AvgIpc) is 3.32. The molecule has 1 unspecified atom stereocenters. The van der Waals surface area contributed by atoms with Crippen LogP contribution in [0.25, 0.3) is 0 Å². The van der Waals surface area contributed by atoms with Crippen molar-refractivity contribution in [2.45, 2.75) is 184 Å². The first-order valence-corrected chi connectivity index (χ1v) is 21.1. The van der Waals surface area contributed by atoms with Crippen molar-refractivity contribution in [2.24, 2.45) is 0 Å². The van der Waals surface area contributed by atoms with E-state index in [1.54, 1.807) is 0 Å². The fraction of sp³-hybridized carbons (Fsp3) is 1.00. The van der Waals surface area contributed by atoms with E-state index in [4.69, 9.17) is 52.1 Å². The normalized spacial score (nSPS) is 53.4. The smallest absolute Gasteiger partial charge is 0.187 e. The second-order valence-electron chi connectivity index (χ2n) is 16.8. The summed E-state index contributed by atoms with van der Waals surface area (Å²) < 4.78 is 60.9. The third-order valence-electron chi connectivity index (χ3n) is 12.4. The molecule has 0 aromatic heterocycles. The van der Waals surface area contributed by atoms with Gasteiger partial charge in [-0.3, -0.25) is 0 Å². The lowest BCUT2D eigenvalue weighted by atomic mass is 9.95. The molecule has 31 heteroatoms. The standard InChI is InChI=1S/C36H62O31/c37-1-7-13(43)15(45)22(52)32(58-7)67-30-16(46)14(44)8(2-38)59-36(30)66-29-12(6-42)62-35(25(55)20(29)50)65-28-11(5-41)61-34(24(54)19(28)49)64-27-10(4-40)60-33(23(53)18(27)48)63-26-9(3-39)57-31(56)21(51)17(26)47/h7-56H,1-6H2/t7-,8-,9-,10-,11-,12-,13-,14-,15+,16+,17-,18-,19-,20-,21-,22-,23-,24-,25-,26-,27-,28-,29-,30-,31+,32?,33-,34-,35-,36-/m1/s1. The van der Waals surface area contributed by atoms with Gasteiger partial charge in [-0.25, -0.2) is 0 Å². The Balaban J connectivity index is 1.11. The molecule has 6 aliphatic heterocycles. The van der Waals surface area contributed by atoms with Crippen molar-refractivity contribution in [1.82, 2.24) is 0 Å². The van der Waals surface area contributed by atoms with Gasteiger partial charge < -0.3 is 154 Å². The molecule has 0 amide bonds. The van der Waals surface area contributed by atoms with Crippen molar-refractivity contribution >= 4 is 0 Å². The van der Waals surface area contributed by atoms with Crippen molar-refractivity contribution in [2.75, 3.05) is 39.6 Å². The molecular formula is C36H62O31. The molecule has 30 atom stereocenters. The molecular weight excluding hydrogens is 928 g/mol. The maximum Gasteiger partial charge on any atom is 0.187 e. The van der Waals surface area contributed by atoms with Gasteiger partial charge in [0.1, 0.15) is 146 Å². The van der Waals surface area contributed by atoms with E-state index in [-0.39, 0.29) is 0 Å². The number of aliphatic hydroxyl groups is 20. The maximum atomic E-state index is 11.3. The third kappa shape index (κ3) is 11.2. The van der Waals surface area contributed by atoms with Crippen LogP contribution in [0.15, 0.2) is 0 Å². The van der Waals surface area contributed by atoms with Crippen LogP contribution in [0.2, 0.25) is 0 Å². The van der Waals surface area contributed by atoms with E-state index in [0.717, 1.165) is 0 Å². The van der Waals surface area contributed by atoms with Crippen LogP contribution in [0.1, 0.15) is 0 Å². The Bertz CT molecular complexity index is 1500. The first-order chi connectivity index (χ1) is 31.8. The number of ether oxygens (including phenoxy) is 11. The van der Waals surface area contributed by atoms with Crippen LogP contribution >= 0.6 is 0 Å². The molecule has 0 spiro atoms. The summed E-state index contributed by atoms with van der Waals surface area (Å²) in [6.07, 6.45) is -57.2. The van der Waals surface area contributed by atoms with Gasteiger partial charge in [0.15, 0.2) is 37.7 Å². The molecule has 0 saturated carbocycles. The molecule has 0 aromatic carbocycles. The average molecular weight is 991 g/mol. The van der Waals surface area contributed by atoms with Crippen LogP contribution in [0.3, 0.4) is 0 Å². The highest BCUT2D eigenvalue weighted by atomic mass is 16.8. The van der Waals surface area contributed by atoms with E-state index in [9.17, 15) is 102 Å². The summed E-state index contributed by atoms with van der Waals surface area (Å²) in [4.78, 5) is 0. The molecule has 31 nitrogen and oxygen atoms in total. The molecule has 392 valence electrons. The van der Waals surface area contributed by atoms with Crippen LogP contribution in [0.5, 0.6) is 0 Å². The summed E-state index contributed by atoms with van der Waals surface area (Å²) in [5.41, 5.74) is 0. The van der Waals surface area contributed by atoms with Crippen LogP contribution in [-0.4, -0.2) is 326 Å². The summed E-state index contributed by atoms with van der Waals surface area (Å²) in [7, 11) is 0. The van der Waals surface area contributed by atoms with Gasteiger partial charge in [0.25, 0.3) is 0 Å². The van der Waals surface area contributed by atoms with Gasteiger partial charge in [-0.2, -0.15) is 0 Å². The summed E-state index contributed by atoms with van der Waals surface area (Å²) in [5, 5.41) is 210. The predicted octanol–water partition coefficient (Wildman–Crippen LogP) is -14.1. The molecule has 6 aliphatic rings. The Morgan fingerprint density at radius 3 is 0.821 bits per heavy atom. The molecule has 6 saturated heterocycles. The molecule has 0 bridgehead atoms. The van der Waals surface area contributed by atoms with Crippen LogP contribution < -0.4 is 0 Å². The number of hydrogen-bond donors (Lipinski definition) is 20. The Morgan fingerprint density at radius 2 is 0.463 bits per heavy atom. The first-order valence-electron chi connectivity index (χ1n) is 21.1. The third-order valence-corrected chi connectivity index (χ3v) is 12.4.